The first kappa shape index (κ1) is 13.1. The van der Waals surface area contributed by atoms with Crippen molar-refractivity contribution in [2.45, 2.75) is 26.3 Å². The van der Waals surface area contributed by atoms with Gasteiger partial charge in [-0.05, 0) is 54.1 Å². The third-order valence-electron chi connectivity index (χ3n) is 3.05. The number of thiophene rings is 1. The monoisotopic (exact) mass is 260 g/mol. The van der Waals surface area contributed by atoms with Crippen molar-refractivity contribution in [3.05, 3.63) is 51.7 Å². The van der Waals surface area contributed by atoms with Crippen molar-refractivity contribution < 1.29 is 0 Å². The Morgan fingerprint density at radius 3 is 2.94 bits per heavy atom. The van der Waals surface area contributed by atoms with Gasteiger partial charge >= 0.3 is 0 Å². The van der Waals surface area contributed by atoms with E-state index >= 15 is 0 Å². The summed E-state index contributed by atoms with van der Waals surface area (Å²) in [6, 6.07) is 10.3. The molecule has 2 rings (SSSR count). The van der Waals surface area contributed by atoms with E-state index in [1.54, 1.807) is 0 Å². The maximum atomic E-state index is 5.76. The van der Waals surface area contributed by atoms with Crippen molar-refractivity contribution in [1.82, 2.24) is 5.32 Å². The van der Waals surface area contributed by atoms with Crippen molar-refractivity contribution in [2.24, 2.45) is 0 Å². The molecule has 0 saturated carbocycles. The molecule has 0 spiro atoms. The summed E-state index contributed by atoms with van der Waals surface area (Å²) in [7, 11) is 0. The zero-order valence-electron chi connectivity index (χ0n) is 10.8. The third kappa shape index (κ3) is 3.59. The molecular weight excluding hydrogens is 240 g/mol. The highest BCUT2D eigenvalue weighted by molar-refractivity contribution is 7.10. The molecule has 1 heterocycles. The van der Waals surface area contributed by atoms with Crippen molar-refractivity contribution in [2.75, 3.05) is 12.3 Å². The molecule has 0 saturated heterocycles. The molecule has 0 bridgehead atoms. The summed E-state index contributed by atoms with van der Waals surface area (Å²) in [5.74, 6) is 0. The van der Waals surface area contributed by atoms with E-state index in [1.165, 1.54) is 16.0 Å². The van der Waals surface area contributed by atoms with Crippen LogP contribution in [-0.2, 0) is 19.4 Å². The Morgan fingerprint density at radius 2 is 2.17 bits per heavy atom. The first-order valence-corrected chi connectivity index (χ1v) is 7.28. The van der Waals surface area contributed by atoms with E-state index < -0.39 is 0 Å². The minimum absolute atomic E-state index is 0.846. The average molecular weight is 260 g/mol. The zero-order chi connectivity index (χ0) is 12.8. The van der Waals surface area contributed by atoms with Crippen molar-refractivity contribution in [3.8, 4) is 0 Å². The first-order chi connectivity index (χ1) is 8.79. The van der Waals surface area contributed by atoms with Gasteiger partial charge < -0.3 is 11.1 Å². The van der Waals surface area contributed by atoms with Gasteiger partial charge in [-0.2, -0.15) is 0 Å². The van der Waals surface area contributed by atoms with Crippen LogP contribution in [0.1, 0.15) is 22.9 Å². The van der Waals surface area contributed by atoms with E-state index in [-0.39, 0.29) is 0 Å². The smallest absolute Gasteiger partial charge is 0.0316 e. The van der Waals surface area contributed by atoms with Gasteiger partial charge in [0, 0.05) is 17.1 Å². The minimum Gasteiger partial charge on any atom is -0.399 e. The molecule has 2 nitrogen and oxygen atoms in total. The van der Waals surface area contributed by atoms with Crippen LogP contribution in [0.4, 0.5) is 5.69 Å². The van der Waals surface area contributed by atoms with Gasteiger partial charge in [-0.15, -0.1) is 11.3 Å². The number of hydrogen-bond donors (Lipinski definition) is 2. The summed E-state index contributed by atoms with van der Waals surface area (Å²) in [6.07, 6.45) is 2.15. The topological polar surface area (TPSA) is 38.0 Å². The molecule has 0 aliphatic heterocycles. The zero-order valence-corrected chi connectivity index (χ0v) is 11.6. The molecule has 0 aliphatic carbocycles. The predicted molar refractivity (Wildman–Crippen MR) is 80.0 cm³/mol. The number of benzene rings is 1. The van der Waals surface area contributed by atoms with Gasteiger partial charge in [0.25, 0.3) is 0 Å². The summed E-state index contributed by atoms with van der Waals surface area (Å²) in [4.78, 5) is 1.46. The normalized spacial score (nSPS) is 10.7. The lowest BCUT2D eigenvalue weighted by Gasteiger charge is -2.06. The van der Waals surface area contributed by atoms with Gasteiger partial charge in [0.15, 0.2) is 0 Å². The first-order valence-electron chi connectivity index (χ1n) is 6.40. The molecule has 3 N–H and O–H groups in total. The molecule has 1 aromatic heterocycles. The molecule has 0 aliphatic rings. The molecule has 96 valence electrons. The number of anilines is 1. The van der Waals surface area contributed by atoms with Crippen LogP contribution in [0.3, 0.4) is 0 Å². The largest absolute Gasteiger partial charge is 0.399 e. The third-order valence-corrected chi connectivity index (χ3v) is 4.01. The maximum Gasteiger partial charge on any atom is 0.0316 e. The van der Waals surface area contributed by atoms with E-state index in [0.717, 1.165) is 31.6 Å². The highest BCUT2D eigenvalue weighted by Gasteiger charge is 2.01. The van der Waals surface area contributed by atoms with Crippen LogP contribution in [0.25, 0.3) is 0 Å². The maximum absolute atomic E-state index is 5.76. The Morgan fingerprint density at radius 1 is 1.28 bits per heavy atom. The van der Waals surface area contributed by atoms with Gasteiger partial charge in [-0.25, -0.2) is 0 Å². The Balaban J connectivity index is 1.76. The van der Waals surface area contributed by atoms with E-state index in [4.69, 9.17) is 5.73 Å². The second kappa shape index (κ2) is 6.57. The molecule has 0 radical (unpaired) electrons. The molecule has 1 aromatic carbocycles. The fourth-order valence-corrected chi connectivity index (χ4v) is 2.97. The molecule has 0 atom stereocenters. The Hall–Kier alpha value is -1.32. The minimum atomic E-state index is 0.846. The quantitative estimate of drug-likeness (QED) is 0.618. The Labute approximate surface area is 113 Å². The second-order valence-electron chi connectivity index (χ2n) is 4.39. The van der Waals surface area contributed by atoms with E-state index in [9.17, 15) is 0 Å². The van der Waals surface area contributed by atoms with Crippen molar-refractivity contribution >= 4 is 17.0 Å². The van der Waals surface area contributed by atoms with Crippen LogP contribution in [0, 0.1) is 0 Å². The van der Waals surface area contributed by atoms with Crippen molar-refractivity contribution in [1.29, 1.82) is 0 Å². The SMILES string of the molecule is CCc1ccsc1CNCCc1cccc(N)c1. The average Bonchev–Trinajstić information content (AvgIpc) is 2.82. The summed E-state index contributed by atoms with van der Waals surface area (Å²) in [5.41, 5.74) is 9.37. The molecule has 0 fully saturated rings. The standard InChI is InChI=1S/C15H20N2S/c1-2-13-7-9-18-15(13)11-17-8-6-12-4-3-5-14(16)10-12/h3-5,7,9-10,17H,2,6,8,11,16H2,1H3. The summed E-state index contributed by atoms with van der Waals surface area (Å²) >= 11 is 1.84. The lowest BCUT2D eigenvalue weighted by atomic mass is 10.1. The Kier molecular flexibility index (Phi) is 4.79. The number of nitrogen functional groups attached to an aromatic ring is 1. The van der Waals surface area contributed by atoms with Crippen LogP contribution in [0.15, 0.2) is 35.7 Å². The van der Waals surface area contributed by atoms with E-state index in [1.807, 2.05) is 29.5 Å². The highest BCUT2D eigenvalue weighted by Crippen LogP contribution is 2.16. The number of nitrogens with two attached hydrogens (primary N) is 1. The highest BCUT2D eigenvalue weighted by atomic mass is 32.1. The summed E-state index contributed by atoms with van der Waals surface area (Å²) in [5, 5.41) is 5.67. The Bertz CT molecular complexity index is 491. The summed E-state index contributed by atoms with van der Waals surface area (Å²) in [6.45, 7) is 4.17. The fraction of sp³-hybridized carbons (Fsp3) is 0.333. The molecule has 2 aromatic rings. The molecular formula is C15H20N2S. The lowest BCUT2D eigenvalue weighted by Crippen LogP contribution is -2.16. The van der Waals surface area contributed by atoms with Crippen LogP contribution in [0.5, 0.6) is 0 Å². The van der Waals surface area contributed by atoms with E-state index in [2.05, 4.69) is 29.8 Å². The molecule has 3 heteroatoms. The van der Waals surface area contributed by atoms with Crippen LogP contribution >= 0.6 is 11.3 Å². The number of aryl methyl sites for hydroxylation is 1. The van der Waals surface area contributed by atoms with Gasteiger partial charge in [-0.3, -0.25) is 0 Å². The number of rotatable bonds is 6. The molecule has 0 unspecified atom stereocenters. The lowest BCUT2D eigenvalue weighted by molar-refractivity contribution is 0.690. The van der Waals surface area contributed by atoms with E-state index in [0.29, 0.717) is 0 Å². The van der Waals surface area contributed by atoms with Crippen LogP contribution in [-0.4, -0.2) is 6.54 Å². The van der Waals surface area contributed by atoms with Gasteiger partial charge in [0.2, 0.25) is 0 Å². The second-order valence-corrected chi connectivity index (χ2v) is 5.40. The fourth-order valence-electron chi connectivity index (χ4n) is 2.02. The molecule has 18 heavy (non-hydrogen) atoms. The van der Waals surface area contributed by atoms with Gasteiger partial charge in [-0.1, -0.05) is 19.1 Å². The van der Waals surface area contributed by atoms with Crippen LogP contribution < -0.4 is 11.1 Å². The number of nitrogens with one attached hydrogen (secondary N) is 1. The van der Waals surface area contributed by atoms with Crippen molar-refractivity contribution in [3.63, 3.8) is 0 Å². The van der Waals surface area contributed by atoms with Gasteiger partial charge in [0.05, 0.1) is 0 Å². The summed E-state index contributed by atoms with van der Waals surface area (Å²) < 4.78 is 0. The molecule has 0 amide bonds. The number of hydrogen-bond acceptors (Lipinski definition) is 3. The predicted octanol–water partition coefficient (Wildman–Crippen LogP) is 3.23. The van der Waals surface area contributed by atoms with Crippen LogP contribution in [0.2, 0.25) is 0 Å². The van der Waals surface area contributed by atoms with Gasteiger partial charge in [0.1, 0.15) is 0 Å².